The average molecular weight is 299 g/mol. The third kappa shape index (κ3) is 5.00. The molecule has 1 rings (SSSR count). The van der Waals surface area contributed by atoms with Crippen molar-refractivity contribution in [3.8, 4) is 0 Å². The van der Waals surface area contributed by atoms with Crippen LogP contribution in [0.15, 0.2) is 29.2 Å². The van der Waals surface area contributed by atoms with Crippen molar-refractivity contribution in [2.24, 2.45) is 5.92 Å². The standard InChI is InChI=1S/C13H17NO5S/c1-9(8-13(16)17)7-12(15)14-10-5-3-4-6-11(10)20(2,18)19/h3-6,9H,7-8H2,1-2H3,(H,14,15)(H,16,17). The van der Waals surface area contributed by atoms with Crippen molar-refractivity contribution in [2.45, 2.75) is 24.7 Å². The van der Waals surface area contributed by atoms with Crippen LogP contribution < -0.4 is 5.32 Å². The monoisotopic (exact) mass is 299 g/mol. The van der Waals surface area contributed by atoms with E-state index in [2.05, 4.69) is 5.32 Å². The van der Waals surface area contributed by atoms with E-state index < -0.39 is 21.7 Å². The van der Waals surface area contributed by atoms with Gasteiger partial charge in [0.05, 0.1) is 10.6 Å². The molecular formula is C13H17NO5S. The predicted molar refractivity (Wildman–Crippen MR) is 74.2 cm³/mol. The molecular weight excluding hydrogens is 282 g/mol. The quantitative estimate of drug-likeness (QED) is 0.829. The Bertz CT molecular complexity index is 609. The highest BCUT2D eigenvalue weighted by Gasteiger charge is 2.17. The summed E-state index contributed by atoms with van der Waals surface area (Å²) in [4.78, 5) is 22.3. The Morgan fingerprint density at radius 1 is 1.25 bits per heavy atom. The van der Waals surface area contributed by atoms with E-state index in [0.29, 0.717) is 0 Å². The first-order valence-corrected chi connectivity index (χ1v) is 7.90. The number of hydrogen-bond acceptors (Lipinski definition) is 4. The fraction of sp³-hybridized carbons (Fsp3) is 0.385. The van der Waals surface area contributed by atoms with E-state index in [1.807, 2.05) is 0 Å². The zero-order chi connectivity index (χ0) is 15.3. The second-order valence-corrected chi connectivity index (χ2v) is 6.71. The van der Waals surface area contributed by atoms with E-state index in [1.165, 1.54) is 12.1 Å². The summed E-state index contributed by atoms with van der Waals surface area (Å²) in [6, 6.07) is 6.09. The van der Waals surface area contributed by atoms with Gasteiger partial charge < -0.3 is 10.4 Å². The van der Waals surface area contributed by atoms with E-state index in [9.17, 15) is 18.0 Å². The molecule has 7 heteroatoms. The molecule has 0 saturated heterocycles. The molecule has 0 heterocycles. The van der Waals surface area contributed by atoms with Crippen molar-refractivity contribution in [1.82, 2.24) is 0 Å². The van der Waals surface area contributed by atoms with Crippen LogP contribution in [0, 0.1) is 5.92 Å². The fourth-order valence-corrected chi connectivity index (χ4v) is 2.63. The molecule has 0 bridgehead atoms. The van der Waals surface area contributed by atoms with E-state index in [1.54, 1.807) is 19.1 Å². The Morgan fingerprint density at radius 2 is 1.85 bits per heavy atom. The number of carbonyl (C=O) groups is 2. The number of rotatable bonds is 6. The maximum atomic E-state index is 11.8. The maximum Gasteiger partial charge on any atom is 0.303 e. The SMILES string of the molecule is CC(CC(=O)O)CC(=O)Nc1ccccc1S(C)(=O)=O. The summed E-state index contributed by atoms with van der Waals surface area (Å²) in [6.45, 7) is 1.65. The lowest BCUT2D eigenvalue weighted by Gasteiger charge is -2.12. The molecule has 0 aliphatic heterocycles. The molecule has 110 valence electrons. The molecule has 1 atom stereocenters. The maximum absolute atomic E-state index is 11.8. The minimum Gasteiger partial charge on any atom is -0.481 e. The van der Waals surface area contributed by atoms with Gasteiger partial charge >= 0.3 is 5.97 Å². The molecule has 0 saturated carbocycles. The number of carboxylic acids is 1. The van der Waals surface area contributed by atoms with Crippen LogP contribution in [0.2, 0.25) is 0 Å². The van der Waals surface area contributed by atoms with Gasteiger partial charge in [0.25, 0.3) is 0 Å². The van der Waals surface area contributed by atoms with Crippen LogP contribution in [0.25, 0.3) is 0 Å². The van der Waals surface area contributed by atoms with Crippen molar-refractivity contribution in [3.63, 3.8) is 0 Å². The molecule has 6 nitrogen and oxygen atoms in total. The fourth-order valence-electron chi connectivity index (χ4n) is 1.78. The van der Waals surface area contributed by atoms with E-state index in [-0.39, 0.29) is 29.3 Å². The topological polar surface area (TPSA) is 101 Å². The van der Waals surface area contributed by atoms with Gasteiger partial charge in [-0.1, -0.05) is 19.1 Å². The number of nitrogens with one attached hydrogen (secondary N) is 1. The number of para-hydroxylation sites is 1. The zero-order valence-corrected chi connectivity index (χ0v) is 12.1. The first-order chi connectivity index (χ1) is 9.20. The van der Waals surface area contributed by atoms with Gasteiger partial charge in [0, 0.05) is 19.1 Å². The van der Waals surface area contributed by atoms with Crippen LogP contribution in [0.5, 0.6) is 0 Å². The summed E-state index contributed by atoms with van der Waals surface area (Å²) < 4.78 is 23.1. The molecule has 0 radical (unpaired) electrons. The summed E-state index contributed by atoms with van der Waals surface area (Å²) in [7, 11) is -3.44. The Morgan fingerprint density at radius 3 is 2.40 bits per heavy atom. The Balaban J connectivity index is 2.79. The molecule has 1 amide bonds. The van der Waals surface area contributed by atoms with Gasteiger partial charge in [-0.3, -0.25) is 9.59 Å². The first-order valence-electron chi connectivity index (χ1n) is 6.01. The highest BCUT2D eigenvalue weighted by molar-refractivity contribution is 7.90. The molecule has 0 aromatic heterocycles. The third-order valence-corrected chi connectivity index (χ3v) is 3.77. The smallest absolute Gasteiger partial charge is 0.303 e. The minimum absolute atomic E-state index is 0.0183. The number of amides is 1. The molecule has 2 N–H and O–H groups in total. The summed E-state index contributed by atoms with van der Waals surface area (Å²) in [6.07, 6.45) is 0.969. The summed E-state index contributed by atoms with van der Waals surface area (Å²) in [5, 5.41) is 11.1. The Hall–Kier alpha value is -1.89. The highest BCUT2D eigenvalue weighted by atomic mass is 32.2. The van der Waals surface area contributed by atoms with Crippen LogP contribution in [-0.2, 0) is 19.4 Å². The van der Waals surface area contributed by atoms with Crippen molar-refractivity contribution in [2.75, 3.05) is 11.6 Å². The van der Waals surface area contributed by atoms with Gasteiger partial charge in [-0.2, -0.15) is 0 Å². The van der Waals surface area contributed by atoms with Gasteiger partial charge in [-0.05, 0) is 18.1 Å². The van der Waals surface area contributed by atoms with Gasteiger partial charge in [0.15, 0.2) is 9.84 Å². The second kappa shape index (κ2) is 6.51. The molecule has 0 spiro atoms. The molecule has 1 aromatic rings. The molecule has 1 aromatic carbocycles. The van der Waals surface area contributed by atoms with Crippen LogP contribution in [0.3, 0.4) is 0 Å². The minimum atomic E-state index is -3.44. The van der Waals surface area contributed by atoms with Crippen LogP contribution >= 0.6 is 0 Å². The molecule has 1 unspecified atom stereocenters. The Labute approximate surface area is 117 Å². The second-order valence-electron chi connectivity index (χ2n) is 4.72. The van der Waals surface area contributed by atoms with Crippen LogP contribution in [0.1, 0.15) is 19.8 Å². The van der Waals surface area contributed by atoms with Crippen LogP contribution in [0.4, 0.5) is 5.69 Å². The van der Waals surface area contributed by atoms with Gasteiger partial charge in [-0.15, -0.1) is 0 Å². The predicted octanol–water partition coefficient (Wildman–Crippen LogP) is 1.53. The van der Waals surface area contributed by atoms with Crippen molar-refractivity contribution in [1.29, 1.82) is 0 Å². The lowest BCUT2D eigenvalue weighted by molar-refractivity contribution is -0.138. The van der Waals surface area contributed by atoms with E-state index in [4.69, 9.17) is 5.11 Å². The third-order valence-electron chi connectivity index (χ3n) is 2.62. The summed E-state index contributed by atoms with van der Waals surface area (Å²) >= 11 is 0. The summed E-state index contributed by atoms with van der Waals surface area (Å²) in [5.41, 5.74) is 0.211. The highest BCUT2D eigenvalue weighted by Crippen LogP contribution is 2.21. The van der Waals surface area contributed by atoms with Crippen LogP contribution in [-0.4, -0.2) is 31.7 Å². The lowest BCUT2D eigenvalue weighted by Crippen LogP contribution is -2.18. The molecule has 0 fully saturated rings. The lowest BCUT2D eigenvalue weighted by atomic mass is 10.0. The van der Waals surface area contributed by atoms with Crippen molar-refractivity contribution < 1.29 is 23.1 Å². The number of benzene rings is 1. The first kappa shape index (κ1) is 16.2. The number of anilines is 1. The van der Waals surface area contributed by atoms with Gasteiger partial charge in [0.1, 0.15) is 0 Å². The average Bonchev–Trinajstić information content (AvgIpc) is 2.26. The van der Waals surface area contributed by atoms with Crippen molar-refractivity contribution >= 4 is 27.4 Å². The normalized spacial score (nSPS) is 12.7. The molecule has 0 aliphatic carbocycles. The largest absolute Gasteiger partial charge is 0.481 e. The molecule has 0 aliphatic rings. The zero-order valence-electron chi connectivity index (χ0n) is 11.3. The number of sulfone groups is 1. The van der Waals surface area contributed by atoms with Gasteiger partial charge in [0.2, 0.25) is 5.91 Å². The van der Waals surface area contributed by atoms with E-state index >= 15 is 0 Å². The summed E-state index contributed by atoms with van der Waals surface area (Å²) in [5.74, 6) is -1.70. The van der Waals surface area contributed by atoms with Gasteiger partial charge in [-0.25, -0.2) is 8.42 Å². The van der Waals surface area contributed by atoms with Crippen molar-refractivity contribution in [3.05, 3.63) is 24.3 Å². The van der Waals surface area contributed by atoms with E-state index in [0.717, 1.165) is 6.26 Å². The molecule has 20 heavy (non-hydrogen) atoms. The Kier molecular flexibility index (Phi) is 5.26. The number of carboxylic acid groups (broad SMARTS) is 1. The number of carbonyl (C=O) groups excluding carboxylic acids is 1. The number of aliphatic carboxylic acids is 1. The number of hydrogen-bond donors (Lipinski definition) is 2.